The number of benzene rings is 2. The summed E-state index contributed by atoms with van der Waals surface area (Å²) < 4.78 is 12.7. The first-order valence-electron chi connectivity index (χ1n) is 6.35. The molecule has 110 valence electrons. The van der Waals surface area contributed by atoms with E-state index in [4.69, 9.17) is 0 Å². The van der Waals surface area contributed by atoms with E-state index in [1.165, 1.54) is 24.3 Å². The van der Waals surface area contributed by atoms with Gasteiger partial charge in [0.15, 0.2) is 0 Å². The van der Waals surface area contributed by atoms with Gasteiger partial charge < -0.3 is 20.8 Å². The fraction of sp³-hybridized carbons (Fsp3) is 0.133. The van der Waals surface area contributed by atoms with Crippen molar-refractivity contribution < 1.29 is 19.4 Å². The van der Waals surface area contributed by atoms with Gasteiger partial charge in [-0.15, -0.1) is 0 Å². The van der Waals surface area contributed by atoms with Crippen molar-refractivity contribution >= 4 is 11.7 Å². The Morgan fingerprint density at radius 1 is 1.05 bits per heavy atom. The molecule has 6 heteroatoms. The van der Waals surface area contributed by atoms with Gasteiger partial charge in [-0.1, -0.05) is 12.1 Å². The van der Waals surface area contributed by atoms with E-state index in [-0.39, 0.29) is 23.0 Å². The smallest absolute Gasteiger partial charge is 0.319 e. The molecule has 0 fully saturated rings. The third kappa shape index (κ3) is 4.68. The van der Waals surface area contributed by atoms with E-state index < -0.39 is 6.03 Å². The molecule has 0 aromatic heterocycles. The molecule has 0 saturated carbocycles. The van der Waals surface area contributed by atoms with Crippen molar-refractivity contribution in [1.29, 1.82) is 0 Å². The molecule has 0 aliphatic heterocycles. The van der Waals surface area contributed by atoms with E-state index in [1.54, 1.807) is 12.1 Å². The van der Waals surface area contributed by atoms with Crippen LogP contribution in [-0.4, -0.2) is 22.8 Å². The standard InChI is InChI=1S/C15H15FN2O3/c16-11-3-1-10(2-4-11)5-6-17-15(21)18-12-7-13(19)9-14(20)8-12/h1-4,7-9,19-20H,5-6H2,(H2,17,18,21). The quantitative estimate of drug-likeness (QED) is 0.698. The number of aromatic hydroxyl groups is 2. The number of carbonyl (C=O) groups is 1. The molecule has 0 aliphatic carbocycles. The zero-order valence-corrected chi connectivity index (χ0v) is 11.1. The van der Waals surface area contributed by atoms with Crippen LogP contribution in [0, 0.1) is 5.82 Å². The minimum atomic E-state index is -0.456. The normalized spacial score (nSPS) is 10.1. The van der Waals surface area contributed by atoms with Crippen molar-refractivity contribution in [3.8, 4) is 11.5 Å². The summed E-state index contributed by atoms with van der Waals surface area (Å²) in [6.07, 6.45) is 0.568. The predicted molar refractivity (Wildman–Crippen MR) is 76.9 cm³/mol. The number of amides is 2. The van der Waals surface area contributed by atoms with Gasteiger partial charge in [-0.2, -0.15) is 0 Å². The van der Waals surface area contributed by atoms with Crippen LogP contribution in [0.2, 0.25) is 0 Å². The highest BCUT2D eigenvalue weighted by molar-refractivity contribution is 5.89. The highest BCUT2D eigenvalue weighted by Gasteiger charge is 2.04. The highest BCUT2D eigenvalue weighted by Crippen LogP contribution is 2.23. The molecule has 21 heavy (non-hydrogen) atoms. The minimum absolute atomic E-state index is 0.142. The van der Waals surface area contributed by atoms with Gasteiger partial charge in [-0.05, 0) is 24.1 Å². The Morgan fingerprint density at radius 2 is 1.67 bits per heavy atom. The fourth-order valence-electron chi connectivity index (χ4n) is 1.81. The zero-order chi connectivity index (χ0) is 15.2. The SMILES string of the molecule is O=C(NCCc1ccc(F)cc1)Nc1cc(O)cc(O)c1. The summed E-state index contributed by atoms with van der Waals surface area (Å²) in [7, 11) is 0. The lowest BCUT2D eigenvalue weighted by Gasteiger charge is -2.08. The summed E-state index contributed by atoms with van der Waals surface area (Å²) in [6, 6.07) is 9.39. The minimum Gasteiger partial charge on any atom is -0.508 e. The van der Waals surface area contributed by atoms with E-state index in [2.05, 4.69) is 10.6 Å². The largest absolute Gasteiger partial charge is 0.508 e. The zero-order valence-electron chi connectivity index (χ0n) is 11.1. The fourth-order valence-corrected chi connectivity index (χ4v) is 1.81. The molecule has 5 nitrogen and oxygen atoms in total. The molecule has 0 spiro atoms. The second kappa shape index (κ2) is 6.60. The van der Waals surface area contributed by atoms with Crippen LogP contribution in [0.5, 0.6) is 11.5 Å². The molecule has 0 heterocycles. The average molecular weight is 290 g/mol. The van der Waals surface area contributed by atoms with Gasteiger partial charge in [0.2, 0.25) is 0 Å². The Bertz CT molecular complexity index is 609. The van der Waals surface area contributed by atoms with Gasteiger partial charge in [-0.25, -0.2) is 9.18 Å². The summed E-state index contributed by atoms with van der Waals surface area (Å²) >= 11 is 0. The summed E-state index contributed by atoms with van der Waals surface area (Å²) in [6.45, 7) is 0.377. The Hall–Kier alpha value is -2.76. The van der Waals surface area contributed by atoms with Gasteiger partial charge in [0.05, 0.1) is 0 Å². The number of halogens is 1. The Kier molecular flexibility index (Phi) is 4.61. The van der Waals surface area contributed by atoms with Crippen molar-refractivity contribution in [3.05, 3.63) is 53.8 Å². The lowest BCUT2D eigenvalue weighted by atomic mass is 10.1. The van der Waals surface area contributed by atoms with Crippen LogP contribution in [-0.2, 0) is 6.42 Å². The molecule has 0 unspecified atom stereocenters. The molecule has 0 saturated heterocycles. The molecule has 2 aromatic carbocycles. The van der Waals surface area contributed by atoms with E-state index >= 15 is 0 Å². The summed E-state index contributed by atoms with van der Waals surface area (Å²) in [5, 5.41) is 23.7. The molecule has 0 radical (unpaired) electrons. The molecule has 0 aliphatic rings. The third-order valence-electron chi connectivity index (χ3n) is 2.77. The summed E-state index contributed by atoms with van der Waals surface area (Å²) in [4.78, 5) is 11.6. The van der Waals surface area contributed by atoms with Crippen molar-refractivity contribution in [2.45, 2.75) is 6.42 Å². The van der Waals surface area contributed by atoms with Crippen LogP contribution in [0.3, 0.4) is 0 Å². The number of phenols is 2. The maximum Gasteiger partial charge on any atom is 0.319 e. The Morgan fingerprint density at radius 3 is 2.29 bits per heavy atom. The Balaban J connectivity index is 1.80. The monoisotopic (exact) mass is 290 g/mol. The number of urea groups is 1. The Labute approximate surface area is 121 Å². The van der Waals surface area contributed by atoms with E-state index in [9.17, 15) is 19.4 Å². The molecule has 2 amide bonds. The van der Waals surface area contributed by atoms with Gasteiger partial charge >= 0.3 is 6.03 Å². The second-order valence-electron chi connectivity index (χ2n) is 4.50. The predicted octanol–water partition coefficient (Wildman–Crippen LogP) is 2.60. The number of nitrogens with one attached hydrogen (secondary N) is 2. The van der Waals surface area contributed by atoms with Crippen LogP contribution in [0.4, 0.5) is 14.9 Å². The molecular formula is C15H15FN2O3. The van der Waals surface area contributed by atoms with Crippen molar-refractivity contribution in [2.75, 3.05) is 11.9 Å². The molecule has 0 atom stereocenters. The molecule has 2 rings (SSSR count). The topological polar surface area (TPSA) is 81.6 Å². The van der Waals surface area contributed by atoms with Crippen molar-refractivity contribution in [2.24, 2.45) is 0 Å². The lowest BCUT2D eigenvalue weighted by Crippen LogP contribution is -2.30. The first-order valence-corrected chi connectivity index (χ1v) is 6.35. The number of hydrogen-bond acceptors (Lipinski definition) is 3. The molecule has 0 bridgehead atoms. The lowest BCUT2D eigenvalue weighted by molar-refractivity contribution is 0.252. The highest BCUT2D eigenvalue weighted by atomic mass is 19.1. The van der Waals surface area contributed by atoms with Gasteiger partial charge in [0.25, 0.3) is 0 Å². The van der Waals surface area contributed by atoms with Gasteiger partial charge in [0, 0.05) is 30.4 Å². The molecular weight excluding hydrogens is 275 g/mol. The first-order chi connectivity index (χ1) is 10.0. The number of hydrogen-bond donors (Lipinski definition) is 4. The van der Waals surface area contributed by atoms with Crippen LogP contribution in [0.1, 0.15) is 5.56 Å². The molecule has 2 aromatic rings. The average Bonchev–Trinajstić information content (AvgIpc) is 2.39. The van der Waals surface area contributed by atoms with E-state index in [0.717, 1.165) is 11.6 Å². The summed E-state index contributed by atoms with van der Waals surface area (Å²) in [5.74, 6) is -0.582. The van der Waals surface area contributed by atoms with Crippen LogP contribution >= 0.6 is 0 Å². The van der Waals surface area contributed by atoms with Crippen LogP contribution in [0.15, 0.2) is 42.5 Å². The number of phenolic OH excluding ortho intramolecular Hbond substituents is 2. The number of anilines is 1. The maximum atomic E-state index is 12.7. The second-order valence-corrected chi connectivity index (χ2v) is 4.50. The maximum absolute atomic E-state index is 12.7. The van der Waals surface area contributed by atoms with Crippen LogP contribution < -0.4 is 10.6 Å². The van der Waals surface area contributed by atoms with Crippen molar-refractivity contribution in [3.63, 3.8) is 0 Å². The summed E-state index contributed by atoms with van der Waals surface area (Å²) in [5.41, 5.74) is 1.19. The van der Waals surface area contributed by atoms with Gasteiger partial charge in [-0.3, -0.25) is 0 Å². The van der Waals surface area contributed by atoms with E-state index in [1.807, 2.05) is 0 Å². The third-order valence-corrected chi connectivity index (χ3v) is 2.77. The van der Waals surface area contributed by atoms with Gasteiger partial charge in [0.1, 0.15) is 17.3 Å². The number of carbonyl (C=O) groups excluding carboxylic acids is 1. The first kappa shape index (κ1) is 14.6. The van der Waals surface area contributed by atoms with Crippen molar-refractivity contribution in [1.82, 2.24) is 5.32 Å². The molecule has 4 N–H and O–H groups in total. The van der Waals surface area contributed by atoms with Crippen LogP contribution in [0.25, 0.3) is 0 Å². The van der Waals surface area contributed by atoms with E-state index in [0.29, 0.717) is 13.0 Å². The number of rotatable bonds is 4.